The highest BCUT2D eigenvalue weighted by atomic mass is 35.5. The van der Waals surface area contributed by atoms with Gasteiger partial charge in [-0.1, -0.05) is 62.1 Å². The third-order valence-electron chi connectivity index (χ3n) is 7.79. The van der Waals surface area contributed by atoms with Crippen molar-refractivity contribution in [2.45, 2.75) is 75.9 Å². The summed E-state index contributed by atoms with van der Waals surface area (Å²) in [4.78, 5) is 29.5. The lowest BCUT2D eigenvalue weighted by molar-refractivity contribution is -0.140. The number of ether oxygens (including phenoxy) is 1. The van der Waals surface area contributed by atoms with Crippen LogP contribution < -0.4 is 14.4 Å². The molecule has 1 N–H and O–H groups in total. The molecule has 43 heavy (non-hydrogen) atoms. The first-order valence-corrected chi connectivity index (χ1v) is 16.5. The van der Waals surface area contributed by atoms with Gasteiger partial charge in [0.2, 0.25) is 11.8 Å². The molecule has 0 spiro atoms. The maximum Gasteiger partial charge on any atom is 0.264 e. The van der Waals surface area contributed by atoms with Crippen LogP contribution in [0.3, 0.4) is 0 Å². The number of anilines is 1. The summed E-state index contributed by atoms with van der Waals surface area (Å²) in [6, 6.07) is 19.4. The lowest BCUT2D eigenvalue weighted by Gasteiger charge is -2.34. The van der Waals surface area contributed by atoms with E-state index in [0.717, 1.165) is 47.5 Å². The zero-order valence-corrected chi connectivity index (χ0v) is 26.5. The van der Waals surface area contributed by atoms with E-state index in [-0.39, 0.29) is 23.4 Å². The fourth-order valence-electron chi connectivity index (χ4n) is 5.48. The van der Waals surface area contributed by atoms with Crippen LogP contribution in [0.2, 0.25) is 5.02 Å². The minimum atomic E-state index is -4.17. The highest BCUT2D eigenvalue weighted by Crippen LogP contribution is 2.27. The number of aryl methyl sites for hydroxylation is 1. The van der Waals surface area contributed by atoms with Gasteiger partial charge in [0, 0.05) is 17.6 Å². The maximum atomic E-state index is 14.3. The van der Waals surface area contributed by atoms with Gasteiger partial charge in [-0.15, -0.1) is 0 Å². The van der Waals surface area contributed by atoms with Gasteiger partial charge in [-0.3, -0.25) is 13.9 Å². The minimum Gasteiger partial charge on any atom is -0.497 e. The van der Waals surface area contributed by atoms with Gasteiger partial charge in [0.1, 0.15) is 18.3 Å². The first kappa shape index (κ1) is 32.4. The molecular formula is C33H40ClN3O5S. The summed E-state index contributed by atoms with van der Waals surface area (Å²) in [5.74, 6) is -0.0999. The average molecular weight is 626 g/mol. The summed E-state index contributed by atoms with van der Waals surface area (Å²) < 4.78 is 34.5. The van der Waals surface area contributed by atoms with Gasteiger partial charge in [0.05, 0.1) is 17.7 Å². The second-order valence-electron chi connectivity index (χ2n) is 10.9. The van der Waals surface area contributed by atoms with E-state index in [2.05, 4.69) is 5.32 Å². The van der Waals surface area contributed by atoms with Gasteiger partial charge < -0.3 is 15.0 Å². The number of benzene rings is 3. The molecule has 0 bridgehead atoms. The molecule has 2 amide bonds. The molecule has 0 unspecified atom stereocenters. The van der Waals surface area contributed by atoms with Crippen LogP contribution in [0.4, 0.5) is 5.69 Å². The van der Waals surface area contributed by atoms with Gasteiger partial charge in [0.25, 0.3) is 10.0 Å². The lowest BCUT2D eigenvalue weighted by Crippen LogP contribution is -2.54. The van der Waals surface area contributed by atoms with E-state index in [1.54, 1.807) is 31.4 Å². The van der Waals surface area contributed by atoms with Crippen LogP contribution in [-0.2, 0) is 26.2 Å². The summed E-state index contributed by atoms with van der Waals surface area (Å²) in [7, 11) is -2.60. The second kappa shape index (κ2) is 14.8. The number of carbonyl (C=O) groups excluding carboxylic acids is 2. The Morgan fingerprint density at radius 2 is 1.70 bits per heavy atom. The van der Waals surface area contributed by atoms with Crippen molar-refractivity contribution < 1.29 is 22.7 Å². The summed E-state index contributed by atoms with van der Waals surface area (Å²) >= 11 is 6.04. The van der Waals surface area contributed by atoms with Gasteiger partial charge in [-0.25, -0.2) is 8.42 Å². The molecule has 230 valence electrons. The third-order valence-corrected chi connectivity index (χ3v) is 9.83. The Morgan fingerprint density at radius 3 is 2.35 bits per heavy atom. The van der Waals surface area contributed by atoms with Crippen LogP contribution in [0.15, 0.2) is 77.7 Å². The number of nitrogens with zero attached hydrogens (tertiary/aromatic N) is 2. The minimum absolute atomic E-state index is 0.00707. The number of amides is 2. The Balaban J connectivity index is 1.71. The number of halogens is 1. The van der Waals surface area contributed by atoms with Crippen molar-refractivity contribution in [3.8, 4) is 5.75 Å². The molecule has 0 heterocycles. The smallest absolute Gasteiger partial charge is 0.264 e. The van der Waals surface area contributed by atoms with Crippen molar-refractivity contribution in [1.29, 1.82) is 0 Å². The van der Waals surface area contributed by atoms with E-state index in [1.165, 1.54) is 29.2 Å². The van der Waals surface area contributed by atoms with Crippen molar-refractivity contribution in [3.63, 3.8) is 0 Å². The van der Waals surface area contributed by atoms with Gasteiger partial charge in [0.15, 0.2) is 0 Å². The molecule has 0 aliphatic heterocycles. The Bertz CT molecular complexity index is 1510. The molecule has 1 saturated carbocycles. The Labute approximate surface area is 260 Å². The van der Waals surface area contributed by atoms with Crippen LogP contribution in [0.5, 0.6) is 5.75 Å². The van der Waals surface area contributed by atoms with E-state index < -0.39 is 28.5 Å². The summed E-state index contributed by atoms with van der Waals surface area (Å²) in [5, 5.41) is 3.56. The van der Waals surface area contributed by atoms with Crippen LogP contribution >= 0.6 is 11.6 Å². The van der Waals surface area contributed by atoms with Crippen molar-refractivity contribution in [2.24, 2.45) is 0 Å². The third kappa shape index (κ3) is 8.30. The number of rotatable bonds is 12. The lowest BCUT2D eigenvalue weighted by atomic mass is 9.95. The first-order valence-electron chi connectivity index (χ1n) is 14.7. The fraction of sp³-hybridized carbons (Fsp3) is 0.394. The molecule has 8 nitrogen and oxygen atoms in total. The summed E-state index contributed by atoms with van der Waals surface area (Å²) in [5.41, 5.74) is 1.96. The van der Waals surface area contributed by atoms with Crippen LogP contribution in [0, 0.1) is 6.92 Å². The normalized spacial score (nSPS) is 14.5. The fourth-order valence-corrected chi connectivity index (χ4v) is 7.01. The Kier molecular flexibility index (Phi) is 11.1. The standard InChI is InChI=1S/C33H40ClN3O5S/c1-4-31(33(39)35-27-12-6-5-7-13-27)36(22-25-11-9-15-29(21-25)42-3)32(38)23-37(28-14-8-10-24(2)20-28)43(40,41)30-18-16-26(34)17-19-30/h8-11,14-21,27,31H,4-7,12-13,22-23H2,1-3H3,(H,35,39)/t31-/m1/s1. The quantitative estimate of drug-likeness (QED) is 0.262. The zero-order valence-electron chi connectivity index (χ0n) is 25.0. The van der Waals surface area contributed by atoms with Crippen LogP contribution in [-0.4, -0.2) is 50.9 Å². The molecular weight excluding hydrogens is 586 g/mol. The maximum absolute atomic E-state index is 14.3. The number of hydrogen-bond acceptors (Lipinski definition) is 5. The Hall–Kier alpha value is -3.56. The molecule has 3 aromatic carbocycles. The van der Waals surface area contributed by atoms with E-state index in [4.69, 9.17) is 16.3 Å². The molecule has 1 aliphatic carbocycles. The van der Waals surface area contributed by atoms with E-state index in [9.17, 15) is 18.0 Å². The number of hydrogen-bond donors (Lipinski definition) is 1. The number of sulfonamides is 1. The number of nitrogens with one attached hydrogen (secondary N) is 1. The molecule has 4 rings (SSSR count). The predicted molar refractivity (Wildman–Crippen MR) is 170 cm³/mol. The van der Waals surface area contributed by atoms with E-state index >= 15 is 0 Å². The molecule has 1 aliphatic rings. The zero-order chi connectivity index (χ0) is 31.0. The predicted octanol–water partition coefficient (Wildman–Crippen LogP) is 6.11. The van der Waals surface area contributed by atoms with Crippen molar-refractivity contribution in [2.75, 3.05) is 18.0 Å². The van der Waals surface area contributed by atoms with Crippen molar-refractivity contribution >= 4 is 39.1 Å². The Morgan fingerprint density at radius 1 is 1.00 bits per heavy atom. The molecule has 0 radical (unpaired) electrons. The highest BCUT2D eigenvalue weighted by molar-refractivity contribution is 7.92. The van der Waals surface area contributed by atoms with Gasteiger partial charge in [-0.2, -0.15) is 0 Å². The number of carbonyl (C=O) groups is 2. The van der Waals surface area contributed by atoms with Gasteiger partial charge >= 0.3 is 0 Å². The molecule has 1 fully saturated rings. The monoisotopic (exact) mass is 625 g/mol. The first-order chi connectivity index (χ1) is 20.6. The van der Waals surface area contributed by atoms with E-state index in [1.807, 2.05) is 38.1 Å². The number of methoxy groups -OCH3 is 1. The second-order valence-corrected chi connectivity index (χ2v) is 13.2. The SMILES string of the molecule is CC[C@H](C(=O)NC1CCCCC1)N(Cc1cccc(OC)c1)C(=O)CN(c1cccc(C)c1)S(=O)(=O)c1ccc(Cl)cc1. The molecule has 10 heteroatoms. The highest BCUT2D eigenvalue weighted by Gasteiger charge is 2.34. The van der Waals surface area contributed by atoms with Crippen LogP contribution in [0.1, 0.15) is 56.6 Å². The molecule has 1 atom stereocenters. The topological polar surface area (TPSA) is 96.0 Å². The van der Waals surface area contributed by atoms with E-state index in [0.29, 0.717) is 22.9 Å². The van der Waals surface area contributed by atoms with Gasteiger partial charge in [-0.05, 0) is 85.8 Å². The molecule has 3 aromatic rings. The largest absolute Gasteiger partial charge is 0.497 e. The summed E-state index contributed by atoms with van der Waals surface area (Å²) in [6.07, 6.45) is 5.45. The van der Waals surface area contributed by atoms with Crippen molar-refractivity contribution in [1.82, 2.24) is 10.2 Å². The van der Waals surface area contributed by atoms with Crippen LogP contribution in [0.25, 0.3) is 0 Å². The summed E-state index contributed by atoms with van der Waals surface area (Å²) in [6.45, 7) is 3.33. The van der Waals surface area contributed by atoms with Crippen molar-refractivity contribution in [3.05, 3.63) is 88.9 Å². The molecule has 0 aromatic heterocycles. The molecule has 0 saturated heterocycles. The average Bonchev–Trinajstić information content (AvgIpc) is 3.00.